The average molecular weight is 252 g/mol. The van der Waals surface area contributed by atoms with E-state index in [1.54, 1.807) is 0 Å². The third kappa shape index (κ3) is 50.3. The number of hydrogen-bond donors (Lipinski definition) is 0. The van der Waals surface area contributed by atoms with Crippen LogP contribution in [0.2, 0.25) is 0 Å². The van der Waals surface area contributed by atoms with Gasteiger partial charge in [0.15, 0.2) is 0 Å². The third-order valence-corrected chi connectivity index (χ3v) is 0. The minimum atomic E-state index is 0. The molecule has 2 heteroatoms. The van der Waals surface area contributed by atoms with Crippen molar-refractivity contribution in [3.05, 3.63) is 22.3 Å². The quantitative estimate of drug-likeness (QED) is 0.515. The molecule has 0 aromatic heterocycles. The van der Waals surface area contributed by atoms with Gasteiger partial charge >= 0.3 is 58.2 Å². The van der Waals surface area contributed by atoms with Gasteiger partial charge in [-0.3, -0.25) is 0 Å². The van der Waals surface area contributed by atoms with Crippen molar-refractivity contribution < 1.29 is 90.9 Å². The first-order valence-electron chi connectivity index (χ1n) is 0. The standard InChI is InChI=1S/2CH4.3CH3.Rb.Y/h2*1H4;3*1H3;;/q;;3*-1;+1;. The number of rotatable bonds is 0. The van der Waals surface area contributed by atoms with Crippen molar-refractivity contribution in [2.75, 3.05) is 0 Å². The van der Waals surface area contributed by atoms with Crippen LogP contribution in [-0.2, 0) is 32.7 Å². The molecule has 0 fully saturated rings. The Morgan fingerprint density at radius 3 is 0.571 bits per heavy atom. The molecule has 0 amide bonds. The van der Waals surface area contributed by atoms with Gasteiger partial charge in [0.25, 0.3) is 0 Å². The zero-order valence-corrected chi connectivity index (χ0v) is 12.3. The van der Waals surface area contributed by atoms with E-state index in [2.05, 4.69) is 0 Å². The van der Waals surface area contributed by atoms with Gasteiger partial charge in [-0.25, -0.2) is 0 Å². The second-order valence-corrected chi connectivity index (χ2v) is 0. The largest absolute Gasteiger partial charge is 1.00 e. The zero-order valence-electron chi connectivity index (χ0n) is 4.58. The van der Waals surface area contributed by atoms with Crippen LogP contribution in [0.4, 0.5) is 0 Å². The first-order valence-corrected chi connectivity index (χ1v) is 0. The minimum absolute atomic E-state index is 0. The van der Waals surface area contributed by atoms with Crippen LogP contribution in [0.15, 0.2) is 0 Å². The molecule has 1 radical (unpaired) electrons. The summed E-state index contributed by atoms with van der Waals surface area (Å²) >= 11 is 0. The van der Waals surface area contributed by atoms with Gasteiger partial charge in [0.1, 0.15) is 0 Å². The molecule has 43 valence electrons. The van der Waals surface area contributed by atoms with Crippen molar-refractivity contribution in [1.29, 1.82) is 0 Å². The second-order valence-electron chi connectivity index (χ2n) is 0. The van der Waals surface area contributed by atoms with E-state index >= 15 is 0 Å². The molecule has 0 N–H and O–H groups in total. The van der Waals surface area contributed by atoms with Crippen molar-refractivity contribution in [3.63, 3.8) is 0 Å². The van der Waals surface area contributed by atoms with Crippen LogP contribution in [0.25, 0.3) is 0 Å². The Bertz CT molecular complexity index is 8.04. The summed E-state index contributed by atoms with van der Waals surface area (Å²) in [6.07, 6.45) is 0. The maximum atomic E-state index is 0. The van der Waals surface area contributed by atoms with Gasteiger partial charge in [0.05, 0.1) is 0 Å². The summed E-state index contributed by atoms with van der Waals surface area (Å²) in [5.41, 5.74) is 0. The molecule has 0 aliphatic carbocycles. The Balaban J connectivity index is 0. The van der Waals surface area contributed by atoms with E-state index < -0.39 is 0 Å². The van der Waals surface area contributed by atoms with Gasteiger partial charge in [-0.05, 0) is 0 Å². The van der Waals surface area contributed by atoms with Crippen LogP contribution >= 0.6 is 0 Å². The predicted molar refractivity (Wildman–Crippen MR) is 32.7 cm³/mol. The molecule has 0 atom stereocenters. The Morgan fingerprint density at radius 1 is 0.571 bits per heavy atom. The molecule has 0 aromatic rings. The van der Waals surface area contributed by atoms with Gasteiger partial charge in [0, 0.05) is 32.7 Å². The fraction of sp³-hybridized carbons (Fsp3) is 0.400. The molecular formula is C5H17RbY-2. The molecule has 0 spiro atoms. The van der Waals surface area contributed by atoms with Crippen molar-refractivity contribution in [1.82, 2.24) is 0 Å². The monoisotopic (exact) mass is 251 g/mol. The van der Waals surface area contributed by atoms with Crippen LogP contribution in [0.5, 0.6) is 0 Å². The van der Waals surface area contributed by atoms with Gasteiger partial charge < -0.3 is 22.3 Å². The van der Waals surface area contributed by atoms with Crippen LogP contribution in [-0.4, -0.2) is 0 Å². The van der Waals surface area contributed by atoms with Gasteiger partial charge in [0.2, 0.25) is 0 Å². The van der Waals surface area contributed by atoms with E-state index in [1.165, 1.54) is 0 Å². The molecule has 0 bridgehead atoms. The van der Waals surface area contributed by atoms with Crippen LogP contribution in [0.1, 0.15) is 14.9 Å². The summed E-state index contributed by atoms with van der Waals surface area (Å²) < 4.78 is 0. The fourth-order valence-electron chi connectivity index (χ4n) is 0. The fourth-order valence-corrected chi connectivity index (χ4v) is 0. The van der Waals surface area contributed by atoms with E-state index in [4.69, 9.17) is 0 Å². The molecule has 0 unspecified atom stereocenters. The Kier molecular flexibility index (Phi) is 874. The zero-order chi connectivity index (χ0) is 0. The first-order chi connectivity index (χ1) is 0. The van der Waals surface area contributed by atoms with Crippen molar-refractivity contribution >= 4 is 0 Å². The van der Waals surface area contributed by atoms with Gasteiger partial charge in [-0.15, -0.1) is 0 Å². The van der Waals surface area contributed by atoms with Crippen LogP contribution in [0.3, 0.4) is 0 Å². The molecular weight excluding hydrogens is 234 g/mol. The molecule has 0 aliphatic heterocycles. The van der Waals surface area contributed by atoms with Crippen LogP contribution < -0.4 is 58.2 Å². The van der Waals surface area contributed by atoms with Gasteiger partial charge in [-0.2, -0.15) is 0 Å². The summed E-state index contributed by atoms with van der Waals surface area (Å²) in [7, 11) is 0. The Labute approximate surface area is 125 Å². The Morgan fingerprint density at radius 2 is 0.571 bits per heavy atom. The smallest absolute Gasteiger partial charge is 0.358 e. The van der Waals surface area contributed by atoms with Crippen LogP contribution in [0, 0.1) is 22.3 Å². The molecule has 0 rings (SSSR count). The summed E-state index contributed by atoms with van der Waals surface area (Å²) in [4.78, 5) is 0. The molecule has 0 aromatic carbocycles. The van der Waals surface area contributed by atoms with E-state index in [9.17, 15) is 0 Å². The maximum Gasteiger partial charge on any atom is 1.00 e. The van der Waals surface area contributed by atoms with E-state index in [0.29, 0.717) is 0 Å². The van der Waals surface area contributed by atoms with E-state index in [1.807, 2.05) is 0 Å². The van der Waals surface area contributed by atoms with E-state index in [0.717, 1.165) is 0 Å². The molecule has 7 heavy (non-hydrogen) atoms. The normalized spacial score (nSPS) is 0. The summed E-state index contributed by atoms with van der Waals surface area (Å²) in [6, 6.07) is 0. The molecule has 0 saturated carbocycles. The number of hydrogen-bond acceptors (Lipinski definition) is 0. The average Bonchev–Trinajstić information content (AvgIpc) is 0. The summed E-state index contributed by atoms with van der Waals surface area (Å²) in [6.45, 7) is 0. The Hall–Kier alpha value is 2.91. The summed E-state index contributed by atoms with van der Waals surface area (Å²) in [5, 5.41) is 0. The van der Waals surface area contributed by atoms with Crippen molar-refractivity contribution in [3.8, 4) is 0 Å². The van der Waals surface area contributed by atoms with Crippen molar-refractivity contribution in [2.45, 2.75) is 14.9 Å². The molecule has 0 heterocycles. The third-order valence-electron chi connectivity index (χ3n) is 0. The maximum absolute atomic E-state index is 0. The molecule has 0 saturated heterocycles. The topological polar surface area (TPSA) is 0 Å². The van der Waals surface area contributed by atoms with Gasteiger partial charge in [-0.1, -0.05) is 14.9 Å². The summed E-state index contributed by atoms with van der Waals surface area (Å²) in [5.74, 6) is 0. The SMILES string of the molecule is C.C.[CH3-].[CH3-].[CH3-].[Rb+].[Y]. The molecule has 0 nitrogen and oxygen atoms in total. The minimum Gasteiger partial charge on any atom is -0.358 e. The second kappa shape index (κ2) is 65.9. The first kappa shape index (κ1) is 92.9. The van der Waals surface area contributed by atoms with Crippen molar-refractivity contribution in [2.24, 2.45) is 0 Å². The van der Waals surface area contributed by atoms with E-state index in [-0.39, 0.29) is 128 Å². The predicted octanol–water partition coefficient (Wildman–Crippen LogP) is -0.375. The molecule has 0 aliphatic rings.